The first-order chi connectivity index (χ1) is 17.3. The number of hydrogen-bond donors (Lipinski definition) is 2. The summed E-state index contributed by atoms with van der Waals surface area (Å²) in [4.78, 5) is 15.1. The average molecular weight is 538 g/mol. The maximum Gasteiger partial charge on any atom is 0.272 e. The molecule has 0 radical (unpaired) electrons. The largest absolute Gasteiger partial charge is 0.347 e. The first-order valence-corrected chi connectivity index (χ1v) is 14.2. The van der Waals surface area contributed by atoms with Crippen molar-refractivity contribution in [2.75, 3.05) is 25.9 Å². The van der Waals surface area contributed by atoms with Crippen molar-refractivity contribution in [2.45, 2.75) is 69.4 Å². The molecule has 2 heterocycles. The van der Waals surface area contributed by atoms with Crippen molar-refractivity contribution in [3.8, 4) is 11.3 Å². The molecule has 4 rings (SSSR count). The van der Waals surface area contributed by atoms with Gasteiger partial charge in [0.25, 0.3) is 11.8 Å². The number of thioether (sulfide) groups is 1. The van der Waals surface area contributed by atoms with E-state index in [0.29, 0.717) is 48.1 Å². The van der Waals surface area contributed by atoms with Crippen molar-refractivity contribution in [1.82, 2.24) is 20.0 Å². The normalized spacial score (nSPS) is 19.3. The van der Waals surface area contributed by atoms with E-state index < -0.39 is 5.92 Å². The van der Waals surface area contributed by atoms with Gasteiger partial charge in [-0.15, -0.1) is 11.8 Å². The number of carbonyl (C=O) groups excluding carboxylic acids is 1. The molecule has 0 spiro atoms. The SMILES string of the molecule is CSC(=N)CC(CCN1CCCC(F)(F)C1)NC(=O)c1cc(-c2ccccc2Cl)n(C2CCCC2)n1. The fraction of sp³-hybridized carbons (Fsp3) is 0.577. The second-order valence-corrected chi connectivity index (χ2v) is 11.1. The second-order valence-electron chi connectivity index (χ2n) is 9.80. The van der Waals surface area contributed by atoms with Crippen molar-refractivity contribution < 1.29 is 13.6 Å². The van der Waals surface area contributed by atoms with Crippen LogP contribution in [0, 0.1) is 5.41 Å². The van der Waals surface area contributed by atoms with Crippen LogP contribution < -0.4 is 5.32 Å². The Morgan fingerprint density at radius 2 is 2.06 bits per heavy atom. The number of alkyl halides is 2. The fourth-order valence-electron chi connectivity index (χ4n) is 5.17. The van der Waals surface area contributed by atoms with Gasteiger partial charge in [-0.25, -0.2) is 8.78 Å². The maximum atomic E-state index is 13.8. The molecule has 2 N–H and O–H groups in total. The van der Waals surface area contributed by atoms with Crippen LogP contribution in [0.4, 0.5) is 8.78 Å². The van der Waals surface area contributed by atoms with Gasteiger partial charge in [0.15, 0.2) is 5.69 Å². The third-order valence-corrected chi connectivity index (χ3v) is 8.06. The number of halogens is 3. The standard InChI is InChI=1S/C26H34ClF2N5OS/c1-36-24(30)15-18(11-14-33-13-6-12-26(28,29)17-33)31-25(35)22-16-23(20-9-4-5-10-21(20)27)34(32-22)19-7-2-3-8-19/h4-5,9-10,16,18-19,30H,2-3,6-8,11-15,17H2,1H3,(H,31,35). The molecule has 6 nitrogen and oxygen atoms in total. The van der Waals surface area contributed by atoms with Crippen LogP contribution in [0.1, 0.15) is 67.9 Å². The molecular weight excluding hydrogens is 504 g/mol. The van der Waals surface area contributed by atoms with Crippen LogP contribution in [0.25, 0.3) is 11.3 Å². The Hall–Kier alpha value is -1.97. The first-order valence-electron chi connectivity index (χ1n) is 12.6. The summed E-state index contributed by atoms with van der Waals surface area (Å²) in [5, 5.41) is 16.9. The van der Waals surface area contributed by atoms with Gasteiger partial charge in [-0.1, -0.05) is 42.6 Å². The number of nitrogens with one attached hydrogen (secondary N) is 2. The van der Waals surface area contributed by atoms with Crippen molar-refractivity contribution in [2.24, 2.45) is 0 Å². The molecular formula is C26H34ClF2N5OS. The highest BCUT2D eigenvalue weighted by molar-refractivity contribution is 8.13. The molecule has 36 heavy (non-hydrogen) atoms. The maximum absolute atomic E-state index is 13.8. The highest BCUT2D eigenvalue weighted by Gasteiger charge is 2.35. The summed E-state index contributed by atoms with van der Waals surface area (Å²) < 4.78 is 29.6. The lowest BCUT2D eigenvalue weighted by atomic mass is 10.1. The molecule has 1 saturated heterocycles. The number of likely N-dealkylation sites (tertiary alicyclic amines) is 1. The van der Waals surface area contributed by atoms with E-state index in [-0.39, 0.29) is 31.0 Å². The van der Waals surface area contributed by atoms with Crippen LogP contribution in [-0.2, 0) is 0 Å². The topological polar surface area (TPSA) is 74.0 Å². The molecule has 1 aromatic heterocycles. The van der Waals surface area contributed by atoms with Gasteiger partial charge in [0.05, 0.1) is 23.3 Å². The second kappa shape index (κ2) is 12.0. The molecule has 1 unspecified atom stereocenters. The Kier molecular flexibility index (Phi) is 9.06. The fourth-order valence-corrected chi connectivity index (χ4v) is 5.77. The molecule has 1 saturated carbocycles. The average Bonchev–Trinajstić information content (AvgIpc) is 3.52. The third-order valence-electron chi connectivity index (χ3n) is 7.07. The van der Waals surface area contributed by atoms with Gasteiger partial charge < -0.3 is 5.32 Å². The summed E-state index contributed by atoms with van der Waals surface area (Å²) >= 11 is 7.82. The Morgan fingerprint density at radius 3 is 2.75 bits per heavy atom. The highest BCUT2D eigenvalue weighted by Crippen LogP contribution is 2.36. The lowest BCUT2D eigenvalue weighted by molar-refractivity contribution is -0.0644. The quantitative estimate of drug-likeness (QED) is 0.292. The molecule has 10 heteroatoms. The van der Waals surface area contributed by atoms with E-state index in [4.69, 9.17) is 22.1 Å². The van der Waals surface area contributed by atoms with Crippen LogP contribution >= 0.6 is 23.4 Å². The third kappa shape index (κ3) is 6.86. The number of rotatable bonds is 9. The smallest absolute Gasteiger partial charge is 0.272 e. The molecule has 1 aromatic carbocycles. The predicted molar refractivity (Wildman–Crippen MR) is 143 cm³/mol. The summed E-state index contributed by atoms with van der Waals surface area (Å²) in [6, 6.07) is 9.23. The molecule has 2 aromatic rings. The molecule has 2 fully saturated rings. The zero-order valence-electron chi connectivity index (χ0n) is 20.6. The van der Waals surface area contributed by atoms with Crippen molar-refractivity contribution in [1.29, 1.82) is 5.41 Å². The summed E-state index contributed by atoms with van der Waals surface area (Å²) in [6.45, 7) is 0.827. The van der Waals surface area contributed by atoms with Crippen LogP contribution in [0.15, 0.2) is 30.3 Å². The molecule has 1 aliphatic carbocycles. The summed E-state index contributed by atoms with van der Waals surface area (Å²) in [6.07, 6.45) is 7.34. The van der Waals surface area contributed by atoms with Crippen LogP contribution in [0.2, 0.25) is 5.02 Å². The predicted octanol–water partition coefficient (Wildman–Crippen LogP) is 6.27. The lowest BCUT2D eigenvalue weighted by Gasteiger charge is -2.33. The van der Waals surface area contributed by atoms with Gasteiger partial charge in [0, 0.05) is 36.0 Å². The Morgan fingerprint density at radius 1 is 1.31 bits per heavy atom. The summed E-state index contributed by atoms with van der Waals surface area (Å²) in [5.41, 5.74) is 1.97. The van der Waals surface area contributed by atoms with Gasteiger partial charge in [-0.05, 0) is 50.6 Å². The van der Waals surface area contributed by atoms with Gasteiger partial charge in [-0.2, -0.15) is 5.10 Å². The van der Waals surface area contributed by atoms with E-state index >= 15 is 0 Å². The molecule has 196 valence electrons. The molecule has 1 atom stereocenters. The number of benzene rings is 1. The van der Waals surface area contributed by atoms with Gasteiger partial charge >= 0.3 is 0 Å². The van der Waals surface area contributed by atoms with E-state index in [1.54, 1.807) is 11.0 Å². The highest BCUT2D eigenvalue weighted by atomic mass is 35.5. The van der Waals surface area contributed by atoms with Crippen molar-refractivity contribution in [3.63, 3.8) is 0 Å². The minimum absolute atomic E-state index is 0.0712. The van der Waals surface area contributed by atoms with Crippen LogP contribution in [-0.4, -0.2) is 63.5 Å². The number of carbonyl (C=O) groups is 1. The van der Waals surface area contributed by atoms with Crippen LogP contribution in [0.5, 0.6) is 0 Å². The lowest BCUT2D eigenvalue weighted by Crippen LogP contribution is -2.45. The number of amides is 1. The van der Waals surface area contributed by atoms with E-state index in [1.807, 2.05) is 35.2 Å². The van der Waals surface area contributed by atoms with Crippen molar-refractivity contribution in [3.05, 3.63) is 41.0 Å². The number of nitrogens with zero attached hydrogens (tertiary/aromatic N) is 3. The van der Waals surface area contributed by atoms with Gasteiger partial charge in [0.2, 0.25) is 0 Å². The zero-order chi connectivity index (χ0) is 25.7. The summed E-state index contributed by atoms with van der Waals surface area (Å²) in [5.74, 6) is -2.98. The van der Waals surface area contributed by atoms with Gasteiger partial charge in [0.1, 0.15) is 0 Å². The minimum Gasteiger partial charge on any atom is -0.347 e. The monoisotopic (exact) mass is 537 g/mol. The number of hydrogen-bond acceptors (Lipinski definition) is 5. The van der Waals surface area contributed by atoms with E-state index in [0.717, 1.165) is 36.9 Å². The van der Waals surface area contributed by atoms with E-state index in [9.17, 15) is 13.6 Å². The Balaban J connectivity index is 1.51. The molecule has 2 aliphatic rings. The molecule has 1 aliphatic heterocycles. The Bertz CT molecular complexity index is 1070. The first kappa shape index (κ1) is 27.1. The summed E-state index contributed by atoms with van der Waals surface area (Å²) in [7, 11) is 0. The minimum atomic E-state index is -2.66. The molecule has 1 amide bonds. The zero-order valence-corrected chi connectivity index (χ0v) is 22.2. The van der Waals surface area contributed by atoms with E-state index in [1.165, 1.54) is 11.8 Å². The van der Waals surface area contributed by atoms with Crippen LogP contribution in [0.3, 0.4) is 0 Å². The van der Waals surface area contributed by atoms with Gasteiger partial charge in [-0.3, -0.25) is 19.8 Å². The van der Waals surface area contributed by atoms with E-state index in [2.05, 4.69) is 5.32 Å². The number of piperidine rings is 1. The Labute approximate surface area is 220 Å². The number of aromatic nitrogens is 2. The molecule has 0 bridgehead atoms. The van der Waals surface area contributed by atoms with Crippen molar-refractivity contribution >= 4 is 34.3 Å².